The van der Waals surface area contributed by atoms with Crippen LogP contribution in [-0.2, 0) is 15.7 Å². The van der Waals surface area contributed by atoms with Crippen molar-refractivity contribution in [3.63, 3.8) is 0 Å². The maximum absolute atomic E-state index is 13.2. The number of fused-ring (bicyclic) bond motifs is 1. The molecule has 0 spiro atoms. The van der Waals surface area contributed by atoms with Gasteiger partial charge in [0, 0.05) is 23.8 Å². The number of nitrogens with one attached hydrogen (secondary N) is 1. The van der Waals surface area contributed by atoms with Gasteiger partial charge in [-0.15, -0.1) is 0 Å². The van der Waals surface area contributed by atoms with Gasteiger partial charge in [0.25, 0.3) is 11.8 Å². The van der Waals surface area contributed by atoms with E-state index in [1.54, 1.807) is 4.90 Å². The molecule has 0 unspecified atom stereocenters. The van der Waals surface area contributed by atoms with Crippen molar-refractivity contribution < 1.29 is 27.5 Å². The molecule has 2 heterocycles. The van der Waals surface area contributed by atoms with E-state index in [2.05, 4.69) is 17.2 Å². The van der Waals surface area contributed by atoms with E-state index in [0.29, 0.717) is 30.3 Å². The average Bonchev–Trinajstić information content (AvgIpc) is 3.21. The molecule has 2 fully saturated rings. The summed E-state index contributed by atoms with van der Waals surface area (Å²) in [5, 5.41) is 2.77. The van der Waals surface area contributed by atoms with Gasteiger partial charge in [0.05, 0.1) is 23.2 Å². The fourth-order valence-electron chi connectivity index (χ4n) is 5.16. The van der Waals surface area contributed by atoms with Crippen molar-refractivity contribution in [2.45, 2.75) is 44.8 Å². The van der Waals surface area contributed by atoms with Crippen molar-refractivity contribution in [2.24, 2.45) is 5.92 Å². The van der Waals surface area contributed by atoms with E-state index in [1.165, 1.54) is 12.1 Å². The number of amides is 2. The van der Waals surface area contributed by atoms with Crippen molar-refractivity contribution in [1.29, 1.82) is 0 Å². The lowest BCUT2D eigenvalue weighted by Crippen LogP contribution is -2.41. The van der Waals surface area contributed by atoms with Crippen LogP contribution in [0.25, 0.3) is 11.0 Å². The largest absolute Gasteiger partial charge is 0.416 e. The molecule has 7 nitrogen and oxygen atoms in total. The molecule has 0 bridgehead atoms. The second-order valence-electron chi connectivity index (χ2n) is 9.44. The maximum Gasteiger partial charge on any atom is 0.416 e. The van der Waals surface area contributed by atoms with Crippen LogP contribution >= 0.6 is 0 Å². The molecule has 10 heteroatoms. The number of ether oxygens (including phenoxy) is 1. The Balaban J connectivity index is 1.54. The fraction of sp³-hybridized carbons (Fsp3) is 0.423. The molecule has 1 aliphatic carbocycles. The van der Waals surface area contributed by atoms with Gasteiger partial charge >= 0.3 is 6.18 Å². The van der Waals surface area contributed by atoms with Crippen LogP contribution < -0.4 is 10.2 Å². The van der Waals surface area contributed by atoms with Gasteiger partial charge in [-0.2, -0.15) is 13.2 Å². The highest BCUT2D eigenvalue weighted by atomic mass is 19.4. The first-order chi connectivity index (χ1) is 17.2. The first-order valence-corrected chi connectivity index (χ1v) is 12.1. The molecule has 36 heavy (non-hydrogen) atoms. The van der Waals surface area contributed by atoms with E-state index >= 15 is 0 Å². The van der Waals surface area contributed by atoms with Crippen LogP contribution in [0.4, 0.5) is 24.8 Å². The zero-order valence-corrected chi connectivity index (χ0v) is 19.8. The summed E-state index contributed by atoms with van der Waals surface area (Å²) >= 11 is 0. The third-order valence-electron chi connectivity index (χ3n) is 7.05. The number of aromatic nitrogens is 2. The van der Waals surface area contributed by atoms with Crippen LogP contribution in [0.1, 0.15) is 54.6 Å². The number of hydrogen-bond donors (Lipinski definition) is 1. The Morgan fingerprint density at radius 3 is 2.69 bits per heavy atom. The summed E-state index contributed by atoms with van der Waals surface area (Å²) in [4.78, 5) is 31.7. The van der Waals surface area contributed by atoms with Crippen LogP contribution in [-0.4, -0.2) is 41.1 Å². The Hall–Kier alpha value is -3.40. The molecule has 1 aliphatic heterocycles. The highest BCUT2D eigenvalue weighted by Crippen LogP contribution is 2.39. The summed E-state index contributed by atoms with van der Waals surface area (Å²) in [6, 6.07) is 9.98. The lowest BCUT2D eigenvalue weighted by Gasteiger charge is -2.31. The summed E-state index contributed by atoms with van der Waals surface area (Å²) in [5.74, 6) is -0.179. The third kappa shape index (κ3) is 4.69. The van der Waals surface area contributed by atoms with Gasteiger partial charge in [0.15, 0.2) is 0 Å². The van der Waals surface area contributed by atoms with Crippen molar-refractivity contribution in [1.82, 2.24) is 9.55 Å². The zero-order chi connectivity index (χ0) is 25.4. The molecule has 2 aromatic carbocycles. The molecule has 1 N–H and O–H groups in total. The van der Waals surface area contributed by atoms with Gasteiger partial charge in [-0.05, 0) is 55.2 Å². The fourth-order valence-corrected chi connectivity index (χ4v) is 5.16. The van der Waals surface area contributed by atoms with Gasteiger partial charge in [-0.25, -0.2) is 4.98 Å². The van der Waals surface area contributed by atoms with Gasteiger partial charge < -0.3 is 14.2 Å². The van der Waals surface area contributed by atoms with Gasteiger partial charge in [0.2, 0.25) is 5.95 Å². The van der Waals surface area contributed by atoms with Crippen molar-refractivity contribution in [2.75, 3.05) is 30.0 Å². The number of benzene rings is 2. The SMILES string of the molecule is C[C@H]1CCCC[C@@H]1n1c(NC(=O)c2cccc(C(F)(F)F)c2)nc2cc(N3CCOCC3=O)ccc21. The lowest BCUT2D eigenvalue weighted by molar-refractivity contribution is -0.137. The predicted molar refractivity (Wildman–Crippen MR) is 129 cm³/mol. The average molecular weight is 501 g/mol. The van der Waals surface area contributed by atoms with E-state index in [9.17, 15) is 22.8 Å². The second-order valence-corrected chi connectivity index (χ2v) is 9.44. The topological polar surface area (TPSA) is 76.5 Å². The number of alkyl halides is 3. The molecular formula is C26H27F3N4O3. The van der Waals surface area contributed by atoms with Crippen LogP contribution in [0.3, 0.4) is 0 Å². The maximum atomic E-state index is 13.2. The quantitative estimate of drug-likeness (QED) is 0.519. The molecule has 2 amide bonds. The first kappa shape index (κ1) is 24.3. The zero-order valence-electron chi connectivity index (χ0n) is 19.8. The van der Waals surface area contributed by atoms with E-state index in [0.717, 1.165) is 43.3 Å². The Bertz CT molecular complexity index is 1300. The molecule has 5 rings (SSSR count). The standard InChI is InChI=1S/C26H27F3N4O3/c1-16-5-2-3-8-21(16)33-22-10-9-19(32-11-12-36-15-23(32)34)14-20(22)30-25(33)31-24(35)17-6-4-7-18(13-17)26(27,28)29/h4,6-7,9-10,13-14,16,21H,2-3,5,8,11-12,15H2,1H3,(H,30,31,35)/t16-,21-/m0/s1. The summed E-state index contributed by atoms with van der Waals surface area (Å²) < 4.78 is 46.8. The molecule has 0 radical (unpaired) electrons. The number of anilines is 2. The first-order valence-electron chi connectivity index (χ1n) is 12.1. The summed E-state index contributed by atoms with van der Waals surface area (Å²) in [6.45, 7) is 3.05. The van der Waals surface area contributed by atoms with E-state index in [1.807, 2.05) is 22.8 Å². The summed E-state index contributed by atoms with van der Waals surface area (Å²) in [7, 11) is 0. The van der Waals surface area contributed by atoms with Crippen molar-refractivity contribution in [3.8, 4) is 0 Å². The van der Waals surface area contributed by atoms with Crippen LogP contribution in [0.5, 0.6) is 0 Å². The highest BCUT2D eigenvalue weighted by Gasteiger charge is 2.32. The smallest absolute Gasteiger partial charge is 0.370 e. The Kier molecular flexibility index (Phi) is 6.46. The molecule has 1 saturated carbocycles. The second kappa shape index (κ2) is 9.57. The van der Waals surface area contributed by atoms with Crippen LogP contribution in [0, 0.1) is 5.92 Å². The van der Waals surface area contributed by atoms with Gasteiger partial charge in [-0.3, -0.25) is 14.9 Å². The molecular weight excluding hydrogens is 473 g/mol. The van der Waals surface area contributed by atoms with E-state index in [-0.39, 0.29) is 30.1 Å². The molecule has 2 aliphatic rings. The minimum atomic E-state index is -4.55. The lowest BCUT2D eigenvalue weighted by atomic mass is 9.85. The number of halogens is 3. The number of nitrogens with zero attached hydrogens (tertiary/aromatic N) is 3. The Morgan fingerprint density at radius 1 is 1.14 bits per heavy atom. The predicted octanol–water partition coefficient (Wildman–Crippen LogP) is 5.42. The summed E-state index contributed by atoms with van der Waals surface area (Å²) in [5.41, 5.74) is 1.11. The van der Waals surface area contributed by atoms with Crippen molar-refractivity contribution >= 4 is 34.5 Å². The minimum absolute atomic E-state index is 0.0182. The van der Waals surface area contributed by atoms with E-state index in [4.69, 9.17) is 4.74 Å². The number of morpholine rings is 1. The van der Waals surface area contributed by atoms with Crippen LogP contribution in [0.15, 0.2) is 42.5 Å². The molecule has 190 valence electrons. The van der Waals surface area contributed by atoms with Gasteiger partial charge in [0.1, 0.15) is 6.61 Å². The molecule has 1 saturated heterocycles. The number of rotatable bonds is 4. The van der Waals surface area contributed by atoms with Gasteiger partial charge in [-0.1, -0.05) is 25.8 Å². The third-order valence-corrected chi connectivity index (χ3v) is 7.05. The highest BCUT2D eigenvalue weighted by molar-refractivity contribution is 6.04. The Morgan fingerprint density at radius 2 is 1.94 bits per heavy atom. The number of carbonyl (C=O) groups is 2. The normalized spacial score (nSPS) is 21.1. The number of hydrogen-bond acceptors (Lipinski definition) is 4. The van der Waals surface area contributed by atoms with E-state index < -0.39 is 17.6 Å². The monoisotopic (exact) mass is 500 g/mol. The van der Waals surface area contributed by atoms with Crippen molar-refractivity contribution in [3.05, 3.63) is 53.6 Å². The minimum Gasteiger partial charge on any atom is -0.370 e. The molecule has 2 atom stereocenters. The summed E-state index contributed by atoms with van der Waals surface area (Å²) in [6.07, 6.45) is -0.446. The number of imidazole rings is 1. The number of carbonyl (C=O) groups excluding carboxylic acids is 2. The molecule has 1 aromatic heterocycles. The Labute approximate surface area is 206 Å². The molecule has 3 aromatic rings. The van der Waals surface area contributed by atoms with Crippen LogP contribution in [0.2, 0.25) is 0 Å².